The fourth-order valence-electron chi connectivity index (χ4n) is 1.55. The molecule has 2 aliphatic heterocycles. The first-order valence-corrected chi connectivity index (χ1v) is 3.41. The van der Waals surface area contributed by atoms with Crippen LogP contribution in [0.5, 0.6) is 0 Å². The number of rotatable bonds is 0. The Hall–Kier alpha value is -0.0800. The molecule has 2 heteroatoms. The van der Waals surface area contributed by atoms with E-state index in [9.17, 15) is 0 Å². The molecule has 0 saturated carbocycles. The van der Waals surface area contributed by atoms with E-state index in [1.807, 2.05) is 0 Å². The molecule has 0 radical (unpaired) electrons. The van der Waals surface area contributed by atoms with Gasteiger partial charge in [0, 0.05) is 19.1 Å². The number of fused-ring (bicyclic) bond motifs is 1. The Balaban J connectivity index is 1.92. The van der Waals surface area contributed by atoms with Gasteiger partial charge >= 0.3 is 0 Å². The molecule has 2 N–H and O–H groups in total. The third kappa shape index (κ3) is 0.565. The first-order valence-electron chi connectivity index (χ1n) is 3.41. The van der Waals surface area contributed by atoms with Gasteiger partial charge in [-0.2, -0.15) is 0 Å². The van der Waals surface area contributed by atoms with Gasteiger partial charge in [0.25, 0.3) is 0 Å². The van der Waals surface area contributed by atoms with Crippen LogP contribution in [0.1, 0.15) is 6.42 Å². The van der Waals surface area contributed by atoms with Crippen molar-refractivity contribution in [2.24, 2.45) is 5.92 Å². The van der Waals surface area contributed by atoms with E-state index in [-0.39, 0.29) is 0 Å². The molecule has 0 aromatic carbocycles. The summed E-state index contributed by atoms with van der Waals surface area (Å²) in [4.78, 5) is 0. The van der Waals surface area contributed by atoms with Gasteiger partial charge in [-0.05, 0) is 18.9 Å². The molecule has 0 aromatic rings. The molecule has 46 valence electrons. The molecule has 2 atom stereocenters. The maximum absolute atomic E-state index is 3.41. The van der Waals surface area contributed by atoms with Gasteiger partial charge in [-0.1, -0.05) is 0 Å². The maximum Gasteiger partial charge on any atom is 0.0132 e. The predicted octanol–water partition coefficient (Wildman–Crippen LogP) is -0.432. The van der Waals surface area contributed by atoms with Crippen molar-refractivity contribution in [3.8, 4) is 0 Å². The van der Waals surface area contributed by atoms with Crippen LogP contribution in [0.25, 0.3) is 0 Å². The lowest BCUT2D eigenvalue weighted by Crippen LogP contribution is -2.60. The first kappa shape index (κ1) is 4.77. The number of hydrogen-bond acceptors (Lipinski definition) is 2. The second-order valence-electron chi connectivity index (χ2n) is 2.77. The van der Waals surface area contributed by atoms with E-state index < -0.39 is 0 Å². The Labute approximate surface area is 49.7 Å². The van der Waals surface area contributed by atoms with Gasteiger partial charge in [-0.25, -0.2) is 0 Å². The van der Waals surface area contributed by atoms with Crippen molar-refractivity contribution >= 4 is 0 Å². The number of hydrogen-bond donors (Lipinski definition) is 2. The minimum Gasteiger partial charge on any atom is -0.316 e. The highest BCUT2D eigenvalue weighted by atomic mass is 15.1. The average Bonchev–Trinajstić information content (AvgIpc) is 1.72. The van der Waals surface area contributed by atoms with Crippen LogP contribution in [-0.2, 0) is 0 Å². The quantitative estimate of drug-likeness (QED) is 0.444. The van der Waals surface area contributed by atoms with Crippen LogP contribution in [0.15, 0.2) is 0 Å². The molecular weight excluding hydrogens is 100 g/mol. The highest BCUT2D eigenvalue weighted by Gasteiger charge is 2.31. The van der Waals surface area contributed by atoms with Crippen molar-refractivity contribution in [3.05, 3.63) is 0 Å². The summed E-state index contributed by atoms with van der Waals surface area (Å²) in [6.07, 6.45) is 1.34. The predicted molar refractivity (Wildman–Crippen MR) is 32.8 cm³/mol. The fraction of sp³-hybridized carbons (Fsp3) is 1.00. The van der Waals surface area contributed by atoms with Gasteiger partial charge in [0.15, 0.2) is 0 Å². The van der Waals surface area contributed by atoms with Crippen LogP contribution in [0, 0.1) is 5.92 Å². The molecule has 0 bridgehead atoms. The van der Waals surface area contributed by atoms with Crippen LogP contribution in [0.4, 0.5) is 0 Å². The highest BCUT2D eigenvalue weighted by Crippen LogP contribution is 2.17. The zero-order chi connectivity index (χ0) is 5.40. The molecule has 2 heterocycles. The normalized spacial score (nSPS) is 45.0. The molecule has 0 aromatic heterocycles. The zero-order valence-corrected chi connectivity index (χ0v) is 4.98. The summed E-state index contributed by atoms with van der Waals surface area (Å²) in [7, 11) is 0. The Morgan fingerprint density at radius 1 is 1.25 bits per heavy atom. The van der Waals surface area contributed by atoms with Gasteiger partial charge in [-0.3, -0.25) is 0 Å². The van der Waals surface area contributed by atoms with Crippen molar-refractivity contribution in [1.82, 2.24) is 10.6 Å². The molecule has 0 spiro atoms. The summed E-state index contributed by atoms with van der Waals surface area (Å²) in [5.41, 5.74) is 0. The molecule has 2 rings (SSSR count). The van der Waals surface area contributed by atoms with Crippen molar-refractivity contribution < 1.29 is 0 Å². The zero-order valence-electron chi connectivity index (χ0n) is 4.98. The molecule has 0 amide bonds. The van der Waals surface area contributed by atoms with Crippen molar-refractivity contribution in [2.75, 3.05) is 19.6 Å². The van der Waals surface area contributed by atoms with E-state index in [4.69, 9.17) is 0 Å². The lowest BCUT2D eigenvalue weighted by atomic mass is 9.86. The minimum absolute atomic E-state index is 0.872. The fourth-order valence-corrected chi connectivity index (χ4v) is 1.55. The van der Waals surface area contributed by atoms with Gasteiger partial charge in [0.2, 0.25) is 0 Å². The third-order valence-corrected chi connectivity index (χ3v) is 2.25. The Morgan fingerprint density at radius 3 is 2.62 bits per heavy atom. The molecule has 2 saturated heterocycles. The third-order valence-electron chi connectivity index (χ3n) is 2.25. The van der Waals surface area contributed by atoms with E-state index in [0.29, 0.717) is 0 Å². The van der Waals surface area contributed by atoms with E-state index in [0.717, 1.165) is 12.0 Å². The second-order valence-corrected chi connectivity index (χ2v) is 2.77. The summed E-state index contributed by atoms with van der Waals surface area (Å²) in [5.74, 6) is 0.962. The Morgan fingerprint density at radius 2 is 2.25 bits per heavy atom. The van der Waals surface area contributed by atoms with Gasteiger partial charge < -0.3 is 10.6 Å². The van der Waals surface area contributed by atoms with Crippen LogP contribution < -0.4 is 10.6 Å². The molecule has 0 aliphatic carbocycles. The summed E-state index contributed by atoms with van der Waals surface area (Å²) >= 11 is 0. The standard InChI is InChI=1S/C6H12N2/c1-2-7-3-5-4-8-6(1)5/h5-8H,1-4H2. The SMILES string of the molecule is C1CC2NCC2CN1. The van der Waals surface area contributed by atoms with Crippen LogP contribution in [-0.4, -0.2) is 25.7 Å². The van der Waals surface area contributed by atoms with E-state index in [1.54, 1.807) is 0 Å². The van der Waals surface area contributed by atoms with Crippen molar-refractivity contribution in [3.63, 3.8) is 0 Å². The summed E-state index contributed by atoms with van der Waals surface area (Å²) in [6.45, 7) is 3.71. The summed E-state index contributed by atoms with van der Waals surface area (Å²) in [5, 5.41) is 6.78. The Kier molecular flexibility index (Phi) is 1.02. The lowest BCUT2D eigenvalue weighted by Gasteiger charge is -2.41. The van der Waals surface area contributed by atoms with Crippen LogP contribution in [0.3, 0.4) is 0 Å². The number of piperidine rings is 1. The molecule has 2 fully saturated rings. The summed E-state index contributed by atoms with van der Waals surface area (Å²) in [6, 6.07) is 0.872. The van der Waals surface area contributed by atoms with Crippen LogP contribution in [0.2, 0.25) is 0 Å². The van der Waals surface area contributed by atoms with E-state index >= 15 is 0 Å². The Bertz CT molecular complexity index is 80.5. The summed E-state index contributed by atoms with van der Waals surface area (Å²) < 4.78 is 0. The molecule has 2 aliphatic rings. The largest absolute Gasteiger partial charge is 0.316 e. The van der Waals surface area contributed by atoms with Crippen molar-refractivity contribution in [2.45, 2.75) is 12.5 Å². The lowest BCUT2D eigenvalue weighted by molar-refractivity contribution is 0.181. The molecule has 8 heavy (non-hydrogen) atoms. The average molecular weight is 112 g/mol. The maximum atomic E-state index is 3.41. The van der Waals surface area contributed by atoms with Gasteiger partial charge in [0.05, 0.1) is 0 Å². The van der Waals surface area contributed by atoms with E-state index in [2.05, 4.69) is 10.6 Å². The smallest absolute Gasteiger partial charge is 0.0132 e. The monoisotopic (exact) mass is 112 g/mol. The highest BCUT2D eigenvalue weighted by molar-refractivity contribution is 4.92. The van der Waals surface area contributed by atoms with Crippen molar-refractivity contribution in [1.29, 1.82) is 0 Å². The minimum atomic E-state index is 0.872. The number of nitrogens with one attached hydrogen (secondary N) is 2. The molecule has 2 unspecified atom stereocenters. The van der Waals surface area contributed by atoms with Crippen LogP contribution >= 0.6 is 0 Å². The molecular formula is C6H12N2. The second kappa shape index (κ2) is 1.71. The van der Waals surface area contributed by atoms with Gasteiger partial charge in [0.1, 0.15) is 0 Å². The first-order chi connectivity index (χ1) is 3.97. The topological polar surface area (TPSA) is 24.1 Å². The molecule has 2 nitrogen and oxygen atoms in total. The van der Waals surface area contributed by atoms with Gasteiger partial charge in [-0.15, -0.1) is 0 Å². The van der Waals surface area contributed by atoms with E-state index in [1.165, 1.54) is 26.1 Å².